The molecule has 6 heterocycles. The van der Waals surface area contributed by atoms with E-state index in [2.05, 4.69) is 39.1 Å². The first kappa shape index (κ1) is 54.2. The van der Waals surface area contributed by atoms with Crippen molar-refractivity contribution >= 4 is 0 Å². The second-order valence-corrected chi connectivity index (χ2v) is 23.6. The first-order valence-corrected chi connectivity index (χ1v) is 26.5. The molecule has 22 heteroatoms. The van der Waals surface area contributed by atoms with Crippen molar-refractivity contribution in [2.75, 3.05) is 33.0 Å². The highest BCUT2D eigenvalue weighted by molar-refractivity contribution is 5.27. The molecular formula is C50H81NO21. The number of ether oxygens (including phenoxy) is 9. The molecule has 10 rings (SSSR count). The van der Waals surface area contributed by atoms with Crippen molar-refractivity contribution in [2.45, 2.75) is 220 Å². The lowest BCUT2D eigenvalue weighted by Gasteiger charge is -2.59. The van der Waals surface area contributed by atoms with Crippen LogP contribution < -0.4 is 5.32 Å². The van der Waals surface area contributed by atoms with Gasteiger partial charge in [0, 0.05) is 12.5 Å². The molecule has 9 fully saturated rings. The highest BCUT2D eigenvalue weighted by atomic mass is 16.8. The van der Waals surface area contributed by atoms with Gasteiger partial charge >= 0.3 is 0 Å². The average molecular weight is 1030 g/mol. The number of fused-ring (bicyclic) bond motifs is 7. The van der Waals surface area contributed by atoms with Crippen LogP contribution in [-0.2, 0) is 42.6 Å². The number of hydrogen-bond donors (Lipinski definition) is 13. The number of aliphatic hydroxyl groups excluding tert-OH is 12. The molecule has 72 heavy (non-hydrogen) atoms. The number of allylic oxidation sites excluding steroid dienone is 1. The monoisotopic (exact) mass is 1030 g/mol. The molecule has 0 bridgehead atoms. The van der Waals surface area contributed by atoms with E-state index in [1.165, 1.54) is 18.4 Å². The van der Waals surface area contributed by atoms with Crippen molar-refractivity contribution < 1.29 is 104 Å². The lowest BCUT2D eigenvalue weighted by molar-refractivity contribution is -0.403. The van der Waals surface area contributed by atoms with Crippen LogP contribution in [-0.4, -0.2) is 229 Å². The highest BCUT2D eigenvalue weighted by Gasteiger charge is 2.68. The number of nitrogens with one attached hydrogen (secondary N) is 1. The van der Waals surface area contributed by atoms with Gasteiger partial charge in [0.1, 0.15) is 97.3 Å². The van der Waals surface area contributed by atoms with Crippen LogP contribution in [0.3, 0.4) is 0 Å². The van der Waals surface area contributed by atoms with Gasteiger partial charge in [-0.3, -0.25) is 5.32 Å². The largest absolute Gasteiger partial charge is 0.394 e. The zero-order chi connectivity index (χ0) is 51.3. The third kappa shape index (κ3) is 9.18. The molecule has 6 aliphatic heterocycles. The fraction of sp³-hybridized carbons (Fsp3) is 0.960. The molecule has 3 saturated carbocycles. The normalized spacial score (nSPS) is 56.7. The predicted octanol–water partition coefficient (Wildman–Crippen LogP) is -2.78. The van der Waals surface area contributed by atoms with E-state index >= 15 is 0 Å². The van der Waals surface area contributed by atoms with E-state index in [4.69, 9.17) is 42.6 Å². The standard InChI is InChI=1S/C50H81NO21/c1-20-7-12-50(51-15-20)21(2)32-28(72-50)14-26-24-6-5-22-13-23(8-10-48(22,3)25(24)9-11-49(26,32)4)65-45-40(63)37(60)41(31(18-54)68-45)69-47-43(71-46-39(62)36(59)34(57)29(16-52)66-46)42(35(58)30(17-53)67-47)70-44-38(61)33(56)27(55)19-64-44/h5,20-21,23-47,51-63H,6-19H2,1-4H3/t20-,21-,23-,24+,25-,26-,27+,28-,29+,30+,31+,32-,33-,34+,35+,36-,37+,38+,39+,40+,41-,42-,43+,44-,45+,46-,47-,48-,49-,50-/m0/s1. The Balaban J connectivity index is 0.826. The topological polar surface area (TPSA) is 338 Å². The first-order valence-electron chi connectivity index (χ1n) is 26.5. The average Bonchev–Trinajstić information content (AvgIpc) is 3.82. The molecule has 1 spiro atoms. The summed E-state index contributed by atoms with van der Waals surface area (Å²) in [5.74, 6) is 3.27. The summed E-state index contributed by atoms with van der Waals surface area (Å²) in [5, 5.41) is 133. The quantitative estimate of drug-likeness (QED) is 0.0932. The number of hydrogen-bond acceptors (Lipinski definition) is 22. The second kappa shape index (κ2) is 20.9. The molecule has 13 N–H and O–H groups in total. The van der Waals surface area contributed by atoms with Crippen molar-refractivity contribution in [3.05, 3.63) is 11.6 Å². The Labute approximate surface area is 419 Å². The van der Waals surface area contributed by atoms with E-state index in [1.807, 2.05) is 0 Å². The van der Waals surface area contributed by atoms with Gasteiger partial charge in [-0.1, -0.05) is 39.3 Å². The Bertz CT molecular complexity index is 1890. The summed E-state index contributed by atoms with van der Waals surface area (Å²) in [6.07, 6.45) is -21.8. The van der Waals surface area contributed by atoms with E-state index in [1.54, 1.807) is 0 Å². The molecule has 0 radical (unpaired) electrons. The van der Waals surface area contributed by atoms with Gasteiger partial charge < -0.3 is 104 Å². The maximum Gasteiger partial charge on any atom is 0.187 e. The minimum Gasteiger partial charge on any atom is -0.394 e. The molecule has 30 atom stereocenters. The number of aliphatic hydroxyl groups is 12. The van der Waals surface area contributed by atoms with Crippen molar-refractivity contribution in [3.63, 3.8) is 0 Å². The van der Waals surface area contributed by atoms with Gasteiger partial charge in [-0.15, -0.1) is 0 Å². The van der Waals surface area contributed by atoms with E-state index < -0.39 is 143 Å². The molecular weight excluding hydrogens is 951 g/mol. The molecule has 4 aliphatic carbocycles. The molecule has 0 unspecified atom stereocenters. The van der Waals surface area contributed by atoms with E-state index in [0.29, 0.717) is 48.3 Å². The second-order valence-electron chi connectivity index (χ2n) is 23.6. The third-order valence-electron chi connectivity index (χ3n) is 19.7. The summed E-state index contributed by atoms with van der Waals surface area (Å²) in [6.45, 7) is 7.70. The van der Waals surface area contributed by atoms with E-state index in [-0.39, 0.29) is 28.8 Å². The molecule has 0 amide bonds. The van der Waals surface area contributed by atoms with Crippen LogP contribution in [0.1, 0.15) is 85.5 Å². The minimum atomic E-state index is -2.00. The Morgan fingerprint density at radius 3 is 1.97 bits per heavy atom. The van der Waals surface area contributed by atoms with Crippen molar-refractivity contribution in [1.82, 2.24) is 5.32 Å². The van der Waals surface area contributed by atoms with Crippen LogP contribution in [0.2, 0.25) is 0 Å². The third-order valence-corrected chi connectivity index (χ3v) is 19.7. The Morgan fingerprint density at radius 1 is 0.625 bits per heavy atom. The van der Waals surface area contributed by atoms with Gasteiger partial charge in [0.25, 0.3) is 0 Å². The van der Waals surface area contributed by atoms with Crippen LogP contribution in [0, 0.1) is 46.3 Å². The zero-order valence-electron chi connectivity index (χ0n) is 41.6. The van der Waals surface area contributed by atoms with Gasteiger partial charge in [-0.2, -0.15) is 0 Å². The molecule has 6 saturated heterocycles. The van der Waals surface area contributed by atoms with Crippen LogP contribution >= 0.6 is 0 Å². The summed E-state index contributed by atoms with van der Waals surface area (Å²) in [7, 11) is 0. The number of rotatable bonds is 11. The van der Waals surface area contributed by atoms with Crippen LogP contribution in [0.25, 0.3) is 0 Å². The van der Waals surface area contributed by atoms with Gasteiger partial charge in [-0.25, -0.2) is 0 Å². The Hall–Kier alpha value is -1.14. The van der Waals surface area contributed by atoms with Crippen molar-refractivity contribution in [2.24, 2.45) is 46.3 Å². The smallest absolute Gasteiger partial charge is 0.187 e. The van der Waals surface area contributed by atoms with Gasteiger partial charge in [-0.05, 0) is 98.2 Å². The molecule has 0 aromatic carbocycles. The Kier molecular flexibility index (Phi) is 15.7. The summed E-state index contributed by atoms with van der Waals surface area (Å²) in [5.41, 5.74) is 1.29. The summed E-state index contributed by atoms with van der Waals surface area (Å²) < 4.78 is 54.9. The fourth-order valence-corrected chi connectivity index (χ4v) is 15.5. The summed E-state index contributed by atoms with van der Waals surface area (Å²) >= 11 is 0. The molecule has 0 aromatic rings. The summed E-state index contributed by atoms with van der Waals surface area (Å²) in [4.78, 5) is 0. The zero-order valence-corrected chi connectivity index (χ0v) is 41.6. The van der Waals surface area contributed by atoms with Crippen LogP contribution in [0.5, 0.6) is 0 Å². The first-order chi connectivity index (χ1) is 34.3. The number of piperidine rings is 1. The van der Waals surface area contributed by atoms with Gasteiger partial charge in [0.2, 0.25) is 0 Å². The maximum atomic E-state index is 11.8. The minimum absolute atomic E-state index is 0.0350. The van der Waals surface area contributed by atoms with E-state index in [9.17, 15) is 61.3 Å². The molecule has 412 valence electrons. The summed E-state index contributed by atoms with van der Waals surface area (Å²) in [6, 6.07) is 0. The van der Waals surface area contributed by atoms with Gasteiger partial charge in [0.15, 0.2) is 25.2 Å². The predicted molar refractivity (Wildman–Crippen MR) is 244 cm³/mol. The van der Waals surface area contributed by atoms with Crippen molar-refractivity contribution in [1.29, 1.82) is 0 Å². The van der Waals surface area contributed by atoms with Crippen LogP contribution in [0.15, 0.2) is 11.6 Å². The molecule has 10 aliphatic rings. The van der Waals surface area contributed by atoms with E-state index in [0.717, 1.165) is 38.6 Å². The lowest BCUT2D eigenvalue weighted by Crippen LogP contribution is -2.68. The van der Waals surface area contributed by atoms with Crippen LogP contribution in [0.4, 0.5) is 0 Å². The lowest BCUT2D eigenvalue weighted by atomic mass is 9.47. The van der Waals surface area contributed by atoms with Crippen molar-refractivity contribution in [3.8, 4) is 0 Å². The maximum absolute atomic E-state index is 11.8. The van der Waals surface area contributed by atoms with Gasteiger partial charge in [0.05, 0.1) is 38.6 Å². The highest BCUT2D eigenvalue weighted by Crippen LogP contribution is 2.70. The fourth-order valence-electron chi connectivity index (χ4n) is 15.5. The molecule has 22 nitrogen and oxygen atoms in total. The molecule has 0 aromatic heterocycles. The SMILES string of the molecule is C[C@H]1CC[C@]2(NC1)O[C@H]1C[C@H]3[C@@H]4CC=C5C[C@@H](O[C@@H]6O[C@H](CO)[C@H](O[C@@H]7O[C@H](CO)[C@@H](O)[C@H](O[C@@H]8OC[C@@H](O)[C@H](O)[C@H]8O)[C@H]7O[C@@H]7O[C@H](CO)[C@@H](O)[C@H](O)[C@H]7O)[C@H](O)[C@H]6O)CC[C@]5(C)[C@H]4CC[C@]3(C)[C@H]1[C@@H]2C. The Morgan fingerprint density at radius 2 is 1.26 bits per heavy atom.